The average Bonchev–Trinajstić information content (AvgIpc) is 2.93. The SMILES string of the molecule is CC(C)C(C)N(CCC(C)(C)C)CC1CC1. The van der Waals surface area contributed by atoms with Gasteiger partial charge in [-0.3, -0.25) is 0 Å². The van der Waals surface area contributed by atoms with Gasteiger partial charge in [-0.25, -0.2) is 0 Å². The first-order valence-electron chi connectivity index (χ1n) is 7.03. The first-order valence-corrected chi connectivity index (χ1v) is 7.03. The van der Waals surface area contributed by atoms with Crippen molar-refractivity contribution in [1.82, 2.24) is 4.90 Å². The summed E-state index contributed by atoms with van der Waals surface area (Å²) in [6, 6.07) is 0.739. The van der Waals surface area contributed by atoms with Gasteiger partial charge in [0.1, 0.15) is 0 Å². The second kappa shape index (κ2) is 5.53. The predicted octanol–water partition coefficient (Wildman–Crippen LogP) is 4.18. The molecule has 1 unspecified atom stereocenters. The molecule has 0 aromatic rings. The van der Waals surface area contributed by atoms with Gasteiger partial charge in [-0.15, -0.1) is 0 Å². The number of hydrogen-bond acceptors (Lipinski definition) is 1. The molecule has 1 atom stereocenters. The van der Waals surface area contributed by atoms with Gasteiger partial charge in [-0.2, -0.15) is 0 Å². The molecule has 1 rings (SSSR count). The van der Waals surface area contributed by atoms with E-state index in [1.165, 1.54) is 32.4 Å². The van der Waals surface area contributed by atoms with E-state index in [9.17, 15) is 0 Å². The minimum Gasteiger partial charge on any atom is -0.300 e. The van der Waals surface area contributed by atoms with Crippen molar-refractivity contribution in [2.24, 2.45) is 17.3 Å². The van der Waals surface area contributed by atoms with Crippen LogP contribution in [0.25, 0.3) is 0 Å². The van der Waals surface area contributed by atoms with E-state index in [-0.39, 0.29) is 0 Å². The van der Waals surface area contributed by atoms with Crippen LogP contribution in [-0.4, -0.2) is 24.0 Å². The quantitative estimate of drug-likeness (QED) is 0.655. The fourth-order valence-corrected chi connectivity index (χ4v) is 1.99. The molecule has 0 amide bonds. The van der Waals surface area contributed by atoms with Crippen molar-refractivity contribution in [3.63, 3.8) is 0 Å². The van der Waals surface area contributed by atoms with E-state index in [1.807, 2.05) is 0 Å². The molecule has 0 spiro atoms. The van der Waals surface area contributed by atoms with Crippen LogP contribution in [0, 0.1) is 17.3 Å². The zero-order valence-corrected chi connectivity index (χ0v) is 12.2. The Morgan fingerprint density at radius 1 is 1.12 bits per heavy atom. The molecule has 0 aliphatic heterocycles. The first kappa shape index (κ1) is 14.0. The summed E-state index contributed by atoms with van der Waals surface area (Å²) in [6.07, 6.45) is 4.25. The van der Waals surface area contributed by atoms with E-state index in [2.05, 4.69) is 46.4 Å². The Kier molecular flexibility index (Phi) is 4.85. The van der Waals surface area contributed by atoms with Crippen molar-refractivity contribution in [3.05, 3.63) is 0 Å². The molecule has 1 fully saturated rings. The molecule has 1 heteroatoms. The number of hydrogen-bond donors (Lipinski definition) is 0. The summed E-state index contributed by atoms with van der Waals surface area (Å²) in [5.41, 5.74) is 0.471. The maximum absolute atomic E-state index is 2.73. The van der Waals surface area contributed by atoms with Crippen molar-refractivity contribution in [1.29, 1.82) is 0 Å². The van der Waals surface area contributed by atoms with Gasteiger partial charge < -0.3 is 4.90 Å². The van der Waals surface area contributed by atoms with Gasteiger partial charge in [-0.1, -0.05) is 34.6 Å². The molecule has 1 saturated carbocycles. The molecular weight excluding hydrogens is 194 g/mol. The Morgan fingerprint density at radius 3 is 2.06 bits per heavy atom. The van der Waals surface area contributed by atoms with Crippen LogP contribution in [0.5, 0.6) is 0 Å². The molecule has 0 radical (unpaired) electrons. The van der Waals surface area contributed by atoms with Crippen LogP contribution in [0.1, 0.15) is 60.8 Å². The second-order valence-electron chi connectivity index (χ2n) is 7.23. The third kappa shape index (κ3) is 5.34. The highest BCUT2D eigenvalue weighted by atomic mass is 15.2. The lowest BCUT2D eigenvalue weighted by atomic mass is 9.91. The smallest absolute Gasteiger partial charge is 0.00900 e. The standard InChI is InChI=1S/C15H31N/c1-12(2)13(3)16(11-14-7-8-14)10-9-15(4,5)6/h12-14H,7-11H2,1-6H3. The summed E-state index contributed by atoms with van der Waals surface area (Å²) in [4.78, 5) is 2.73. The summed E-state index contributed by atoms with van der Waals surface area (Å²) in [5.74, 6) is 1.79. The average molecular weight is 225 g/mol. The normalized spacial score (nSPS) is 19.5. The molecule has 1 aliphatic rings. The zero-order chi connectivity index (χ0) is 12.3. The van der Waals surface area contributed by atoms with Gasteiger partial charge in [0.05, 0.1) is 0 Å². The summed E-state index contributed by atoms with van der Waals surface area (Å²) in [6.45, 7) is 16.8. The molecule has 16 heavy (non-hydrogen) atoms. The predicted molar refractivity (Wildman–Crippen MR) is 72.7 cm³/mol. The van der Waals surface area contributed by atoms with Crippen LogP contribution in [0.2, 0.25) is 0 Å². The van der Waals surface area contributed by atoms with Crippen LogP contribution in [0.4, 0.5) is 0 Å². The fraction of sp³-hybridized carbons (Fsp3) is 1.00. The third-order valence-corrected chi connectivity index (χ3v) is 3.88. The molecule has 0 aromatic carbocycles. The third-order valence-electron chi connectivity index (χ3n) is 3.88. The van der Waals surface area contributed by atoms with E-state index in [4.69, 9.17) is 0 Å². The maximum atomic E-state index is 2.73. The fourth-order valence-electron chi connectivity index (χ4n) is 1.99. The molecule has 1 nitrogen and oxygen atoms in total. The minimum atomic E-state index is 0.471. The summed E-state index contributed by atoms with van der Waals surface area (Å²) < 4.78 is 0. The topological polar surface area (TPSA) is 3.24 Å². The number of nitrogens with zero attached hydrogens (tertiary/aromatic N) is 1. The van der Waals surface area contributed by atoms with Crippen LogP contribution in [0.15, 0.2) is 0 Å². The van der Waals surface area contributed by atoms with E-state index in [0.717, 1.165) is 17.9 Å². The summed E-state index contributed by atoms with van der Waals surface area (Å²) in [7, 11) is 0. The van der Waals surface area contributed by atoms with E-state index < -0.39 is 0 Å². The molecule has 0 N–H and O–H groups in total. The van der Waals surface area contributed by atoms with Crippen molar-refractivity contribution >= 4 is 0 Å². The van der Waals surface area contributed by atoms with Crippen LogP contribution in [0.3, 0.4) is 0 Å². The number of rotatable bonds is 6. The van der Waals surface area contributed by atoms with Gasteiger partial charge in [0.15, 0.2) is 0 Å². The highest BCUT2D eigenvalue weighted by Gasteiger charge is 2.28. The Hall–Kier alpha value is -0.0400. The van der Waals surface area contributed by atoms with E-state index >= 15 is 0 Å². The molecule has 0 heterocycles. The molecule has 0 bridgehead atoms. The Bertz CT molecular complexity index is 198. The lowest BCUT2D eigenvalue weighted by molar-refractivity contribution is 0.141. The summed E-state index contributed by atoms with van der Waals surface area (Å²) >= 11 is 0. The largest absolute Gasteiger partial charge is 0.300 e. The Morgan fingerprint density at radius 2 is 1.69 bits per heavy atom. The monoisotopic (exact) mass is 225 g/mol. The van der Waals surface area contributed by atoms with E-state index in [1.54, 1.807) is 0 Å². The highest BCUT2D eigenvalue weighted by Crippen LogP contribution is 2.31. The zero-order valence-electron chi connectivity index (χ0n) is 12.2. The second-order valence-corrected chi connectivity index (χ2v) is 7.23. The van der Waals surface area contributed by atoms with Gasteiger partial charge >= 0.3 is 0 Å². The summed E-state index contributed by atoms with van der Waals surface area (Å²) in [5, 5.41) is 0. The molecule has 0 aromatic heterocycles. The van der Waals surface area contributed by atoms with Crippen molar-refractivity contribution < 1.29 is 0 Å². The Labute approximate surface area is 103 Å². The molecule has 0 saturated heterocycles. The molecular formula is C15H31N. The van der Waals surface area contributed by atoms with Crippen LogP contribution in [-0.2, 0) is 0 Å². The van der Waals surface area contributed by atoms with Crippen LogP contribution < -0.4 is 0 Å². The van der Waals surface area contributed by atoms with E-state index in [0.29, 0.717) is 5.41 Å². The van der Waals surface area contributed by atoms with Gasteiger partial charge in [0.2, 0.25) is 0 Å². The highest BCUT2D eigenvalue weighted by molar-refractivity contribution is 4.81. The lowest BCUT2D eigenvalue weighted by Crippen LogP contribution is -2.40. The van der Waals surface area contributed by atoms with Gasteiger partial charge in [-0.05, 0) is 50.0 Å². The maximum Gasteiger partial charge on any atom is 0.00900 e. The first-order chi connectivity index (χ1) is 7.29. The molecule has 96 valence electrons. The molecule has 1 aliphatic carbocycles. The van der Waals surface area contributed by atoms with Crippen molar-refractivity contribution in [3.8, 4) is 0 Å². The Balaban J connectivity index is 2.42. The van der Waals surface area contributed by atoms with Gasteiger partial charge in [0, 0.05) is 12.6 Å². The lowest BCUT2D eigenvalue weighted by Gasteiger charge is -2.34. The van der Waals surface area contributed by atoms with Gasteiger partial charge in [0.25, 0.3) is 0 Å². The van der Waals surface area contributed by atoms with Crippen molar-refractivity contribution in [2.45, 2.75) is 66.8 Å². The van der Waals surface area contributed by atoms with Crippen molar-refractivity contribution in [2.75, 3.05) is 13.1 Å². The van der Waals surface area contributed by atoms with Crippen LogP contribution >= 0.6 is 0 Å². The minimum absolute atomic E-state index is 0.471.